The number of fused-ring (bicyclic) bond motifs is 1. The van der Waals surface area contributed by atoms with Crippen LogP contribution >= 0.6 is 24.0 Å². The van der Waals surface area contributed by atoms with Gasteiger partial charge in [0.25, 0.3) is 11.5 Å². The number of piperazine rings is 1. The van der Waals surface area contributed by atoms with E-state index in [1.807, 2.05) is 13.0 Å². The van der Waals surface area contributed by atoms with Crippen LogP contribution in [0.4, 0.5) is 5.82 Å². The Balaban J connectivity index is 1.95. The van der Waals surface area contributed by atoms with Crippen molar-refractivity contribution in [3.05, 3.63) is 44.7 Å². The summed E-state index contributed by atoms with van der Waals surface area (Å²) in [7, 11) is 2.81. The molecule has 33 heavy (non-hydrogen) atoms. The lowest BCUT2D eigenvalue weighted by atomic mass is 10.1. The standard InChI is InChI=1S/C21H21N5O5S2/c1-11-5-4-7-26-16(11)23-17(25-8-6-22-18(28)13(25)10-15(27)31-3)12(19(26)29)9-14-20(30)24(2)21(32)33-14/h4-5,7,9,13H,6,8,10H2,1-3H3,(H,22,28)/b14-9-/t13-/m1/s1. The van der Waals surface area contributed by atoms with Crippen LogP contribution in [0.1, 0.15) is 17.5 Å². The number of pyridine rings is 1. The molecule has 0 radical (unpaired) electrons. The van der Waals surface area contributed by atoms with Crippen LogP contribution in [0.5, 0.6) is 0 Å². The number of nitrogens with zero attached hydrogens (tertiary/aromatic N) is 4. The molecule has 172 valence electrons. The lowest BCUT2D eigenvalue weighted by Crippen LogP contribution is -2.57. The molecule has 2 aromatic heterocycles. The summed E-state index contributed by atoms with van der Waals surface area (Å²) < 4.78 is 6.54. The first-order valence-electron chi connectivity index (χ1n) is 10.1. The smallest absolute Gasteiger partial charge is 0.308 e. The SMILES string of the molecule is COC(=O)C[C@@H]1C(=O)NCCN1c1nc2c(C)cccn2c(=O)c1/C=C1\SC(=S)N(C)C1=O. The Morgan fingerprint density at radius 3 is 2.82 bits per heavy atom. The Bertz CT molecular complexity index is 1290. The molecule has 0 aromatic carbocycles. The predicted octanol–water partition coefficient (Wildman–Crippen LogP) is 0.702. The minimum atomic E-state index is -0.919. The van der Waals surface area contributed by atoms with Gasteiger partial charge in [0.05, 0.1) is 24.0 Å². The summed E-state index contributed by atoms with van der Waals surface area (Å²) in [5.74, 6) is -1.04. The van der Waals surface area contributed by atoms with E-state index in [4.69, 9.17) is 21.9 Å². The maximum atomic E-state index is 13.6. The highest BCUT2D eigenvalue weighted by Gasteiger charge is 2.36. The summed E-state index contributed by atoms with van der Waals surface area (Å²) in [5, 5.41) is 2.74. The van der Waals surface area contributed by atoms with Crippen LogP contribution in [0.2, 0.25) is 0 Å². The number of aromatic nitrogens is 2. The van der Waals surface area contributed by atoms with E-state index in [2.05, 4.69) is 5.32 Å². The van der Waals surface area contributed by atoms with E-state index in [1.165, 1.54) is 22.5 Å². The lowest BCUT2D eigenvalue weighted by molar-refractivity contribution is -0.143. The van der Waals surface area contributed by atoms with Gasteiger partial charge >= 0.3 is 5.97 Å². The number of thiocarbonyl (C=S) groups is 1. The van der Waals surface area contributed by atoms with Gasteiger partial charge in [-0.1, -0.05) is 30.0 Å². The Kier molecular flexibility index (Phi) is 6.21. The van der Waals surface area contributed by atoms with Crippen LogP contribution in [0.25, 0.3) is 11.7 Å². The van der Waals surface area contributed by atoms with Gasteiger partial charge in [-0.2, -0.15) is 0 Å². The minimum absolute atomic E-state index is 0.136. The van der Waals surface area contributed by atoms with Crippen molar-refractivity contribution in [2.24, 2.45) is 0 Å². The van der Waals surface area contributed by atoms with Crippen LogP contribution < -0.4 is 15.8 Å². The first kappa shape index (κ1) is 22.9. The molecule has 0 aliphatic carbocycles. The van der Waals surface area contributed by atoms with Crippen molar-refractivity contribution in [3.63, 3.8) is 0 Å². The molecule has 2 aromatic rings. The Morgan fingerprint density at radius 2 is 2.15 bits per heavy atom. The van der Waals surface area contributed by atoms with E-state index in [0.29, 0.717) is 23.1 Å². The normalized spacial score (nSPS) is 20.0. The number of methoxy groups -OCH3 is 1. The van der Waals surface area contributed by atoms with Crippen molar-refractivity contribution in [1.29, 1.82) is 0 Å². The Morgan fingerprint density at radius 1 is 1.39 bits per heavy atom. The molecule has 4 rings (SSSR count). The highest BCUT2D eigenvalue weighted by Crippen LogP contribution is 2.33. The summed E-state index contributed by atoms with van der Waals surface area (Å²) in [4.78, 5) is 58.8. The zero-order valence-corrected chi connectivity index (χ0v) is 19.8. The second-order valence-electron chi connectivity index (χ2n) is 7.56. The Labute approximate surface area is 198 Å². The van der Waals surface area contributed by atoms with Crippen LogP contribution in [0, 0.1) is 6.92 Å². The molecule has 1 N–H and O–H groups in total. The van der Waals surface area contributed by atoms with Crippen LogP contribution in [0.15, 0.2) is 28.0 Å². The number of carbonyl (C=O) groups excluding carboxylic acids is 3. The van der Waals surface area contributed by atoms with Gasteiger partial charge in [-0.3, -0.25) is 28.5 Å². The quantitative estimate of drug-likeness (QED) is 0.378. The number of anilines is 1. The van der Waals surface area contributed by atoms with Crippen LogP contribution in [-0.2, 0) is 19.1 Å². The molecule has 4 heterocycles. The fourth-order valence-electron chi connectivity index (χ4n) is 3.73. The zero-order chi connectivity index (χ0) is 23.9. The number of likely N-dealkylation sites (N-methyl/N-ethyl adjacent to an activating group) is 1. The number of nitrogens with one attached hydrogen (secondary N) is 1. The van der Waals surface area contributed by atoms with Crippen molar-refractivity contribution in [1.82, 2.24) is 19.6 Å². The highest BCUT2D eigenvalue weighted by atomic mass is 32.2. The van der Waals surface area contributed by atoms with Gasteiger partial charge in [0.15, 0.2) is 0 Å². The molecule has 12 heteroatoms. The second kappa shape index (κ2) is 8.94. The van der Waals surface area contributed by atoms with Crippen molar-refractivity contribution in [3.8, 4) is 0 Å². The first-order chi connectivity index (χ1) is 15.7. The first-order valence-corrected chi connectivity index (χ1v) is 11.3. The fourth-order valence-corrected chi connectivity index (χ4v) is 4.90. The maximum Gasteiger partial charge on any atom is 0.308 e. The predicted molar refractivity (Wildman–Crippen MR) is 128 cm³/mol. The molecule has 2 aliphatic rings. The van der Waals surface area contributed by atoms with E-state index < -0.39 is 17.6 Å². The van der Waals surface area contributed by atoms with Gasteiger partial charge in [-0.15, -0.1) is 0 Å². The van der Waals surface area contributed by atoms with Gasteiger partial charge in [-0.05, 0) is 24.6 Å². The van der Waals surface area contributed by atoms with E-state index in [9.17, 15) is 19.2 Å². The molecule has 2 amide bonds. The third kappa shape index (κ3) is 4.11. The number of esters is 1. The molecule has 0 saturated carbocycles. The molecular formula is C21H21N5O5S2. The van der Waals surface area contributed by atoms with Crippen LogP contribution in [-0.4, -0.2) is 69.7 Å². The van der Waals surface area contributed by atoms with Crippen molar-refractivity contribution < 1.29 is 19.1 Å². The number of hydrogen-bond acceptors (Lipinski definition) is 9. The number of rotatable bonds is 4. The largest absolute Gasteiger partial charge is 0.469 e. The van der Waals surface area contributed by atoms with Gasteiger partial charge in [0.1, 0.15) is 21.8 Å². The monoisotopic (exact) mass is 487 g/mol. The summed E-state index contributed by atoms with van der Waals surface area (Å²) in [5.41, 5.74) is 0.910. The summed E-state index contributed by atoms with van der Waals surface area (Å²) >= 11 is 6.29. The van der Waals surface area contributed by atoms with E-state index in [1.54, 1.807) is 24.2 Å². The fraction of sp³-hybridized carbons (Fsp3) is 0.333. The zero-order valence-electron chi connectivity index (χ0n) is 18.2. The average molecular weight is 488 g/mol. The number of amides is 2. The lowest BCUT2D eigenvalue weighted by Gasteiger charge is -2.36. The van der Waals surface area contributed by atoms with Crippen molar-refractivity contribution in [2.75, 3.05) is 32.1 Å². The number of hydrogen-bond donors (Lipinski definition) is 1. The molecule has 2 saturated heterocycles. The summed E-state index contributed by atoms with van der Waals surface area (Å²) in [6.45, 7) is 2.45. The highest BCUT2D eigenvalue weighted by molar-refractivity contribution is 8.26. The van der Waals surface area contributed by atoms with Gasteiger partial charge < -0.3 is 15.0 Å². The molecule has 10 nitrogen and oxygen atoms in total. The molecule has 2 fully saturated rings. The van der Waals surface area contributed by atoms with Gasteiger partial charge in [0, 0.05) is 26.3 Å². The number of aryl methyl sites for hydroxylation is 1. The maximum absolute atomic E-state index is 13.6. The molecule has 1 atom stereocenters. The second-order valence-corrected chi connectivity index (χ2v) is 9.24. The summed E-state index contributed by atoms with van der Waals surface area (Å²) in [6.07, 6.45) is 2.84. The third-order valence-corrected chi connectivity index (χ3v) is 7.00. The number of ether oxygens (including phenoxy) is 1. The van der Waals surface area contributed by atoms with E-state index in [0.717, 1.165) is 17.3 Å². The molecular weight excluding hydrogens is 466 g/mol. The van der Waals surface area contributed by atoms with Gasteiger partial charge in [0.2, 0.25) is 5.91 Å². The van der Waals surface area contributed by atoms with E-state index in [-0.39, 0.29) is 34.5 Å². The summed E-state index contributed by atoms with van der Waals surface area (Å²) in [6, 6.07) is 2.63. The van der Waals surface area contributed by atoms with Crippen LogP contribution in [0.3, 0.4) is 0 Å². The molecule has 0 bridgehead atoms. The average Bonchev–Trinajstić information content (AvgIpc) is 3.03. The van der Waals surface area contributed by atoms with Crippen molar-refractivity contribution >= 4 is 63.6 Å². The van der Waals surface area contributed by atoms with E-state index >= 15 is 0 Å². The minimum Gasteiger partial charge on any atom is -0.469 e. The number of thioether (sulfide) groups is 1. The topological polar surface area (TPSA) is 113 Å². The van der Waals surface area contributed by atoms with Crippen molar-refractivity contribution in [2.45, 2.75) is 19.4 Å². The molecule has 0 unspecified atom stereocenters. The molecule has 0 spiro atoms. The third-order valence-electron chi connectivity index (χ3n) is 5.52. The van der Waals surface area contributed by atoms with Gasteiger partial charge in [-0.25, -0.2) is 4.98 Å². The Hall–Kier alpha value is -3.25. The number of carbonyl (C=O) groups is 3. The molecule has 2 aliphatic heterocycles.